The largest absolute Gasteiger partial charge is 0.207 e. The van der Waals surface area contributed by atoms with Gasteiger partial charge >= 0.3 is 0 Å². The first-order valence-corrected chi connectivity index (χ1v) is 4.33. The van der Waals surface area contributed by atoms with Gasteiger partial charge in [0.1, 0.15) is 5.82 Å². The van der Waals surface area contributed by atoms with Crippen LogP contribution in [0.3, 0.4) is 0 Å². The minimum atomic E-state index is -0.0741. The molecule has 0 radical (unpaired) electrons. The molecule has 0 nitrogen and oxygen atoms in total. The van der Waals surface area contributed by atoms with Gasteiger partial charge in [0, 0.05) is 0 Å². The average molecular weight is 166 g/mol. The molecule has 0 amide bonds. The molecule has 0 atom stereocenters. The molecule has 0 spiro atoms. The van der Waals surface area contributed by atoms with Crippen molar-refractivity contribution in [1.82, 2.24) is 0 Å². The van der Waals surface area contributed by atoms with E-state index in [1.54, 1.807) is 6.07 Å². The zero-order chi connectivity index (χ0) is 9.30. The summed E-state index contributed by atoms with van der Waals surface area (Å²) in [4.78, 5) is 0. The predicted molar refractivity (Wildman–Crippen MR) is 50.0 cm³/mol. The molecular formula is C11H15F. The monoisotopic (exact) mass is 166 g/mol. The summed E-state index contributed by atoms with van der Waals surface area (Å²) in [6.07, 6.45) is 0.913. The van der Waals surface area contributed by atoms with Crippen molar-refractivity contribution in [3.8, 4) is 0 Å². The van der Waals surface area contributed by atoms with E-state index in [9.17, 15) is 4.39 Å². The Morgan fingerprint density at radius 3 is 2.25 bits per heavy atom. The van der Waals surface area contributed by atoms with E-state index in [1.807, 2.05) is 13.8 Å². The summed E-state index contributed by atoms with van der Waals surface area (Å²) in [5, 5.41) is 0. The van der Waals surface area contributed by atoms with Gasteiger partial charge in [0.05, 0.1) is 0 Å². The number of halogens is 1. The molecule has 0 unspecified atom stereocenters. The van der Waals surface area contributed by atoms with Crippen molar-refractivity contribution < 1.29 is 4.39 Å². The average Bonchev–Trinajstić information content (AvgIpc) is 2.02. The minimum absolute atomic E-state index is 0.0741. The Hall–Kier alpha value is -0.850. The fourth-order valence-corrected chi connectivity index (χ4v) is 1.60. The smallest absolute Gasteiger partial charge is 0.126 e. The Morgan fingerprint density at radius 1 is 1.17 bits per heavy atom. The van der Waals surface area contributed by atoms with E-state index >= 15 is 0 Å². The predicted octanol–water partition coefficient (Wildman–Crippen LogP) is 3.31. The Labute approximate surface area is 73.4 Å². The minimum Gasteiger partial charge on any atom is -0.207 e. The van der Waals surface area contributed by atoms with Gasteiger partial charge in [0.15, 0.2) is 0 Å². The fourth-order valence-electron chi connectivity index (χ4n) is 1.60. The molecule has 0 saturated heterocycles. The van der Waals surface area contributed by atoms with Gasteiger partial charge in [-0.1, -0.05) is 6.92 Å². The molecule has 66 valence electrons. The summed E-state index contributed by atoms with van der Waals surface area (Å²) in [5.74, 6) is -0.0741. The maximum Gasteiger partial charge on any atom is 0.126 e. The van der Waals surface area contributed by atoms with E-state index in [0.717, 1.165) is 23.1 Å². The van der Waals surface area contributed by atoms with Crippen molar-refractivity contribution in [1.29, 1.82) is 0 Å². The highest BCUT2D eigenvalue weighted by atomic mass is 19.1. The van der Waals surface area contributed by atoms with Gasteiger partial charge in [-0.15, -0.1) is 0 Å². The molecule has 0 heterocycles. The van der Waals surface area contributed by atoms with Crippen molar-refractivity contribution in [3.63, 3.8) is 0 Å². The van der Waals surface area contributed by atoms with Crippen LogP contribution >= 0.6 is 0 Å². The highest BCUT2D eigenvalue weighted by Gasteiger charge is 2.07. The Bertz CT molecular complexity index is 274. The summed E-state index contributed by atoms with van der Waals surface area (Å²) in [5.41, 5.74) is 4.25. The van der Waals surface area contributed by atoms with Crippen molar-refractivity contribution in [2.24, 2.45) is 0 Å². The lowest BCUT2D eigenvalue weighted by atomic mass is 9.96. The summed E-state index contributed by atoms with van der Waals surface area (Å²) >= 11 is 0. The van der Waals surface area contributed by atoms with E-state index in [0.29, 0.717) is 0 Å². The molecule has 0 N–H and O–H groups in total. The van der Waals surface area contributed by atoms with E-state index in [4.69, 9.17) is 0 Å². The van der Waals surface area contributed by atoms with Crippen LogP contribution in [-0.4, -0.2) is 0 Å². The van der Waals surface area contributed by atoms with Crippen LogP contribution in [0.15, 0.2) is 6.07 Å². The normalized spacial score (nSPS) is 10.4. The second-order valence-electron chi connectivity index (χ2n) is 3.26. The first-order chi connectivity index (χ1) is 5.57. The second kappa shape index (κ2) is 3.26. The molecule has 0 bridgehead atoms. The second-order valence-corrected chi connectivity index (χ2v) is 3.26. The Balaban J connectivity index is 3.42. The third kappa shape index (κ3) is 1.36. The Morgan fingerprint density at radius 2 is 1.75 bits per heavy atom. The van der Waals surface area contributed by atoms with Crippen molar-refractivity contribution in [3.05, 3.63) is 34.1 Å². The molecule has 1 aromatic rings. The first kappa shape index (κ1) is 9.24. The van der Waals surface area contributed by atoms with Gasteiger partial charge in [-0.2, -0.15) is 0 Å². The lowest BCUT2D eigenvalue weighted by Crippen LogP contribution is -1.97. The van der Waals surface area contributed by atoms with Crippen LogP contribution in [0, 0.1) is 26.6 Å². The summed E-state index contributed by atoms with van der Waals surface area (Å²) < 4.78 is 13.2. The van der Waals surface area contributed by atoms with Gasteiger partial charge in [0.2, 0.25) is 0 Å². The third-order valence-corrected chi connectivity index (χ3v) is 2.55. The standard InChI is InChI=1S/C11H15F/c1-5-10-8(3)7(2)6-11(12)9(10)4/h6H,5H2,1-4H3. The number of benzene rings is 1. The van der Waals surface area contributed by atoms with Gasteiger partial charge in [-0.3, -0.25) is 0 Å². The van der Waals surface area contributed by atoms with Gasteiger partial charge in [-0.05, 0) is 55.5 Å². The highest BCUT2D eigenvalue weighted by molar-refractivity contribution is 5.39. The SMILES string of the molecule is CCc1c(C)c(C)cc(F)c1C. The van der Waals surface area contributed by atoms with Crippen molar-refractivity contribution >= 4 is 0 Å². The molecule has 0 aromatic heterocycles. The number of rotatable bonds is 1. The molecule has 0 aliphatic rings. The third-order valence-electron chi connectivity index (χ3n) is 2.55. The lowest BCUT2D eigenvalue weighted by molar-refractivity contribution is 0.613. The molecule has 0 aliphatic heterocycles. The molecule has 0 saturated carbocycles. The van der Waals surface area contributed by atoms with Gasteiger partial charge in [0.25, 0.3) is 0 Å². The number of hydrogen-bond acceptors (Lipinski definition) is 0. The summed E-state index contributed by atoms with van der Waals surface area (Å²) in [6.45, 7) is 7.92. The van der Waals surface area contributed by atoms with Crippen LogP contribution in [-0.2, 0) is 6.42 Å². The molecule has 1 aromatic carbocycles. The number of hydrogen-bond donors (Lipinski definition) is 0. The highest BCUT2D eigenvalue weighted by Crippen LogP contribution is 2.20. The molecule has 12 heavy (non-hydrogen) atoms. The topological polar surface area (TPSA) is 0 Å². The Kier molecular flexibility index (Phi) is 2.51. The lowest BCUT2D eigenvalue weighted by Gasteiger charge is -2.11. The maximum absolute atomic E-state index is 13.2. The molecule has 0 aliphatic carbocycles. The van der Waals surface area contributed by atoms with Gasteiger partial charge < -0.3 is 0 Å². The zero-order valence-electron chi connectivity index (χ0n) is 8.16. The quantitative estimate of drug-likeness (QED) is 0.600. The van der Waals surface area contributed by atoms with Crippen LogP contribution in [0.5, 0.6) is 0 Å². The molecule has 1 rings (SSSR count). The van der Waals surface area contributed by atoms with Crippen LogP contribution in [0.2, 0.25) is 0 Å². The van der Waals surface area contributed by atoms with E-state index in [2.05, 4.69) is 13.8 Å². The fraction of sp³-hybridized carbons (Fsp3) is 0.455. The maximum atomic E-state index is 13.2. The molecule has 0 fully saturated rings. The van der Waals surface area contributed by atoms with Crippen molar-refractivity contribution in [2.45, 2.75) is 34.1 Å². The van der Waals surface area contributed by atoms with Crippen LogP contribution in [0.25, 0.3) is 0 Å². The zero-order valence-corrected chi connectivity index (χ0v) is 8.16. The molecule has 1 heteroatoms. The van der Waals surface area contributed by atoms with E-state index < -0.39 is 0 Å². The van der Waals surface area contributed by atoms with Gasteiger partial charge in [-0.25, -0.2) is 4.39 Å². The van der Waals surface area contributed by atoms with E-state index in [-0.39, 0.29) is 5.82 Å². The summed E-state index contributed by atoms with van der Waals surface area (Å²) in [7, 11) is 0. The molecular weight excluding hydrogens is 151 g/mol. The van der Waals surface area contributed by atoms with Crippen LogP contribution in [0.4, 0.5) is 4.39 Å². The van der Waals surface area contributed by atoms with Crippen molar-refractivity contribution in [2.75, 3.05) is 0 Å². The first-order valence-electron chi connectivity index (χ1n) is 4.33. The van der Waals surface area contributed by atoms with E-state index in [1.165, 1.54) is 5.56 Å². The summed E-state index contributed by atoms with van der Waals surface area (Å²) in [6, 6.07) is 1.61. The van der Waals surface area contributed by atoms with Crippen LogP contribution < -0.4 is 0 Å². The number of aryl methyl sites for hydroxylation is 1. The van der Waals surface area contributed by atoms with Crippen LogP contribution in [0.1, 0.15) is 29.2 Å².